The zero-order valence-electron chi connectivity index (χ0n) is 7.48. The van der Waals surface area contributed by atoms with Gasteiger partial charge in [0.05, 0.1) is 9.16 Å². The van der Waals surface area contributed by atoms with Crippen molar-refractivity contribution in [3.8, 4) is 0 Å². The van der Waals surface area contributed by atoms with Crippen LogP contribution in [0.3, 0.4) is 0 Å². The summed E-state index contributed by atoms with van der Waals surface area (Å²) in [4.78, 5) is 0. The predicted molar refractivity (Wildman–Crippen MR) is 70.7 cm³/mol. The summed E-state index contributed by atoms with van der Waals surface area (Å²) in [5, 5.41) is 0. The van der Waals surface area contributed by atoms with E-state index >= 15 is 0 Å². The molecule has 1 aliphatic rings. The van der Waals surface area contributed by atoms with Crippen LogP contribution in [-0.2, 0) is 0 Å². The Morgan fingerprint density at radius 3 is 2.50 bits per heavy atom. The molecule has 12 heavy (non-hydrogen) atoms. The summed E-state index contributed by atoms with van der Waals surface area (Å²) in [5.41, 5.74) is 0. The fourth-order valence-electron chi connectivity index (χ4n) is 0.758. The van der Waals surface area contributed by atoms with Gasteiger partial charge in [0.25, 0.3) is 0 Å². The van der Waals surface area contributed by atoms with E-state index in [1.807, 2.05) is 42.2 Å². The molecule has 0 bridgehead atoms. The average molecular weight is 259 g/mol. The van der Waals surface area contributed by atoms with Crippen LogP contribution in [0.1, 0.15) is 27.2 Å². The van der Waals surface area contributed by atoms with Crippen LogP contribution < -0.4 is 0 Å². The maximum Gasteiger partial charge on any atom is 0.0720 e. The Morgan fingerprint density at radius 1 is 1.08 bits per heavy atom. The van der Waals surface area contributed by atoms with Gasteiger partial charge in [0, 0.05) is 0 Å². The van der Waals surface area contributed by atoms with Crippen molar-refractivity contribution >= 4 is 53.0 Å². The molecule has 1 saturated heterocycles. The quantitative estimate of drug-likeness (QED) is 0.628. The predicted octanol–water partition coefficient (Wildman–Crippen LogP) is 5.13. The zero-order valence-corrected chi connectivity index (χ0v) is 11.6. The highest BCUT2D eigenvalue weighted by Gasteiger charge is 2.19. The molecule has 0 nitrogen and oxygen atoms in total. The van der Waals surface area contributed by atoms with Gasteiger partial charge in [-0.15, -0.1) is 0 Å². The highest BCUT2D eigenvalue weighted by Crippen LogP contribution is 2.56. The largest absolute Gasteiger partial charge is 0.0779 e. The SMILES string of the molecule is CC(C)C[C@@H]1SSS[C@@H](C)SS1. The Balaban J connectivity index is 2.26. The van der Waals surface area contributed by atoms with Gasteiger partial charge in [-0.05, 0) is 29.1 Å². The van der Waals surface area contributed by atoms with Crippen molar-refractivity contribution in [2.75, 3.05) is 0 Å². The maximum absolute atomic E-state index is 2.30. The Hall–Kier alpha value is 1.75. The van der Waals surface area contributed by atoms with Gasteiger partial charge in [0.1, 0.15) is 0 Å². The minimum atomic E-state index is 0.740. The van der Waals surface area contributed by atoms with Crippen LogP contribution in [0.25, 0.3) is 0 Å². The molecule has 0 saturated carbocycles. The van der Waals surface area contributed by atoms with Crippen LogP contribution in [0.2, 0.25) is 0 Å². The van der Waals surface area contributed by atoms with Gasteiger partial charge >= 0.3 is 0 Å². The van der Waals surface area contributed by atoms with Gasteiger partial charge in [-0.3, -0.25) is 0 Å². The van der Waals surface area contributed by atoms with E-state index in [1.165, 1.54) is 6.42 Å². The van der Waals surface area contributed by atoms with Gasteiger partial charge in [0.2, 0.25) is 0 Å². The zero-order chi connectivity index (χ0) is 8.97. The summed E-state index contributed by atoms with van der Waals surface area (Å²) >= 11 is 0. The summed E-state index contributed by atoms with van der Waals surface area (Å²) in [6.45, 7) is 6.89. The highest BCUT2D eigenvalue weighted by atomic mass is 33.5. The van der Waals surface area contributed by atoms with E-state index < -0.39 is 0 Å². The van der Waals surface area contributed by atoms with Crippen molar-refractivity contribution in [3.63, 3.8) is 0 Å². The molecule has 1 heterocycles. The third-order valence-corrected chi connectivity index (χ3v) is 10.9. The second kappa shape index (κ2) is 6.27. The molecular formula is C7H14S5. The second-order valence-electron chi connectivity index (χ2n) is 3.08. The molecule has 2 atom stereocenters. The molecule has 0 aromatic heterocycles. The monoisotopic (exact) mass is 258 g/mol. The summed E-state index contributed by atoms with van der Waals surface area (Å²) in [6.07, 6.45) is 1.34. The smallest absolute Gasteiger partial charge is 0.0720 e. The van der Waals surface area contributed by atoms with Crippen molar-refractivity contribution in [3.05, 3.63) is 0 Å². The molecular weight excluding hydrogens is 244 g/mol. The van der Waals surface area contributed by atoms with Crippen LogP contribution >= 0.6 is 53.0 Å². The maximum atomic E-state index is 2.30. The van der Waals surface area contributed by atoms with Gasteiger partial charge in [0.15, 0.2) is 0 Å². The Labute approximate surface area is 94.7 Å². The van der Waals surface area contributed by atoms with Gasteiger partial charge in [-0.2, -0.15) is 0 Å². The molecule has 72 valence electrons. The van der Waals surface area contributed by atoms with E-state index in [-0.39, 0.29) is 0 Å². The van der Waals surface area contributed by atoms with Gasteiger partial charge in [-0.1, -0.05) is 57.0 Å². The van der Waals surface area contributed by atoms with Gasteiger partial charge in [-0.25, -0.2) is 0 Å². The molecule has 0 unspecified atom stereocenters. The Kier molecular flexibility index (Phi) is 6.18. The molecule has 5 heteroatoms. The lowest BCUT2D eigenvalue weighted by Crippen LogP contribution is -1.98. The second-order valence-corrected chi connectivity index (χ2v) is 11.1. The Morgan fingerprint density at radius 2 is 1.83 bits per heavy atom. The van der Waals surface area contributed by atoms with Crippen LogP contribution in [0.15, 0.2) is 0 Å². The third kappa shape index (κ3) is 4.84. The molecule has 0 aromatic carbocycles. The van der Waals surface area contributed by atoms with E-state index in [0.29, 0.717) is 0 Å². The van der Waals surface area contributed by atoms with E-state index in [1.54, 1.807) is 0 Å². The molecule has 1 fully saturated rings. The van der Waals surface area contributed by atoms with Crippen LogP contribution in [0, 0.1) is 5.92 Å². The fraction of sp³-hybridized carbons (Fsp3) is 1.00. The first-order chi connectivity index (χ1) is 5.68. The summed E-state index contributed by atoms with van der Waals surface area (Å²) in [7, 11) is 10.1. The number of hydrogen-bond acceptors (Lipinski definition) is 5. The highest BCUT2D eigenvalue weighted by molar-refractivity contribution is 9.13. The van der Waals surface area contributed by atoms with E-state index in [0.717, 1.165) is 15.1 Å². The van der Waals surface area contributed by atoms with Crippen molar-refractivity contribution in [1.82, 2.24) is 0 Å². The normalized spacial score (nSPS) is 32.0. The average Bonchev–Trinajstić information content (AvgIpc) is 2.15. The first kappa shape index (κ1) is 11.8. The van der Waals surface area contributed by atoms with E-state index in [2.05, 4.69) is 31.6 Å². The summed E-state index contributed by atoms with van der Waals surface area (Å²) in [6, 6.07) is 0. The first-order valence-corrected chi connectivity index (χ1v) is 9.88. The van der Waals surface area contributed by atoms with Crippen LogP contribution in [-0.4, -0.2) is 9.16 Å². The topological polar surface area (TPSA) is 0 Å². The van der Waals surface area contributed by atoms with Crippen molar-refractivity contribution in [1.29, 1.82) is 0 Å². The van der Waals surface area contributed by atoms with E-state index in [4.69, 9.17) is 0 Å². The van der Waals surface area contributed by atoms with Gasteiger partial charge < -0.3 is 0 Å². The molecule has 1 aliphatic heterocycles. The molecule has 0 aromatic rings. The number of rotatable bonds is 2. The van der Waals surface area contributed by atoms with Crippen LogP contribution in [0.5, 0.6) is 0 Å². The lowest BCUT2D eigenvalue weighted by atomic mass is 10.2. The lowest BCUT2D eigenvalue weighted by molar-refractivity contribution is 0.621. The van der Waals surface area contributed by atoms with Crippen LogP contribution in [0.4, 0.5) is 0 Å². The minimum Gasteiger partial charge on any atom is -0.0779 e. The van der Waals surface area contributed by atoms with E-state index in [9.17, 15) is 0 Å². The Bertz CT molecular complexity index is 127. The van der Waals surface area contributed by atoms with Crippen molar-refractivity contribution in [2.24, 2.45) is 5.92 Å². The van der Waals surface area contributed by atoms with Crippen molar-refractivity contribution < 1.29 is 0 Å². The lowest BCUT2D eigenvalue weighted by Gasteiger charge is -2.12. The summed E-state index contributed by atoms with van der Waals surface area (Å²) in [5.74, 6) is 0.828. The number of hydrogen-bond donors (Lipinski definition) is 0. The standard InChI is InChI=1S/C7H14S5/c1-5(2)4-7-10-8-6(3)9-12-11-7/h5-7H,4H2,1-3H3/t6-,7-/m0/s1. The molecule has 0 spiro atoms. The minimum absolute atomic E-state index is 0.740. The molecule has 0 amide bonds. The van der Waals surface area contributed by atoms with Crippen molar-refractivity contribution in [2.45, 2.75) is 36.4 Å². The molecule has 0 N–H and O–H groups in total. The molecule has 1 rings (SSSR count). The fourth-order valence-corrected chi connectivity index (χ4v) is 11.6. The molecule has 0 radical (unpaired) electrons. The first-order valence-electron chi connectivity index (χ1n) is 3.99. The molecule has 0 aliphatic carbocycles. The third-order valence-electron chi connectivity index (χ3n) is 1.28. The summed E-state index contributed by atoms with van der Waals surface area (Å²) < 4.78 is 1.53.